The van der Waals surface area contributed by atoms with Crippen molar-refractivity contribution in [1.29, 1.82) is 0 Å². The average Bonchev–Trinajstić information content (AvgIpc) is 2.81. The van der Waals surface area contributed by atoms with Gasteiger partial charge in [-0.1, -0.05) is 17.7 Å². The van der Waals surface area contributed by atoms with Gasteiger partial charge in [0.05, 0.1) is 6.61 Å². The zero-order chi connectivity index (χ0) is 22.6. The maximum absolute atomic E-state index is 12.7. The number of hydrogen-bond acceptors (Lipinski definition) is 5. The predicted molar refractivity (Wildman–Crippen MR) is 121 cm³/mol. The van der Waals surface area contributed by atoms with E-state index in [1.54, 1.807) is 12.7 Å². The first-order valence-electron chi connectivity index (χ1n) is 12.0. The molecule has 32 heavy (non-hydrogen) atoms. The van der Waals surface area contributed by atoms with Crippen LogP contribution >= 0.6 is 0 Å². The summed E-state index contributed by atoms with van der Waals surface area (Å²) in [4.78, 5) is 29.9. The molecule has 0 atom stereocenters. The standard InChI is InChI=1S/C24H37N3O5/c1-31-14-15-32-23(30)27-17-20-4-2-3-5-21(20)24(18-27)8-12-25(13-9-24)16-19-6-10-26(11-7-19)22(28)29/h2,4,19H,3,5-18H2,1H3,(H,28,29). The maximum atomic E-state index is 12.7. The number of ether oxygens (including phenoxy) is 2. The second-order valence-electron chi connectivity index (χ2n) is 9.70. The maximum Gasteiger partial charge on any atom is 0.410 e. The van der Waals surface area contributed by atoms with Gasteiger partial charge >= 0.3 is 12.2 Å². The molecule has 2 fully saturated rings. The number of carbonyl (C=O) groups excluding carboxylic acids is 1. The van der Waals surface area contributed by atoms with E-state index in [0.29, 0.717) is 32.2 Å². The Morgan fingerprint density at radius 3 is 2.56 bits per heavy atom. The summed E-state index contributed by atoms with van der Waals surface area (Å²) in [5.41, 5.74) is 2.93. The monoisotopic (exact) mass is 447 g/mol. The van der Waals surface area contributed by atoms with Crippen molar-refractivity contribution in [2.24, 2.45) is 11.3 Å². The molecular weight excluding hydrogens is 410 g/mol. The van der Waals surface area contributed by atoms with Crippen LogP contribution in [0, 0.1) is 11.3 Å². The minimum absolute atomic E-state index is 0.0573. The largest absolute Gasteiger partial charge is 0.465 e. The van der Waals surface area contributed by atoms with Crippen molar-refractivity contribution in [1.82, 2.24) is 14.7 Å². The van der Waals surface area contributed by atoms with Gasteiger partial charge in [-0.25, -0.2) is 9.59 Å². The summed E-state index contributed by atoms with van der Waals surface area (Å²) in [6.07, 6.45) is 9.64. The lowest BCUT2D eigenvalue weighted by Gasteiger charge is -2.50. The molecule has 0 bridgehead atoms. The molecule has 0 saturated carbocycles. The third-order valence-corrected chi connectivity index (χ3v) is 7.75. The summed E-state index contributed by atoms with van der Waals surface area (Å²) in [6.45, 7) is 6.52. The molecule has 3 heterocycles. The Bertz CT molecular complexity index is 749. The third kappa shape index (κ3) is 5.12. The van der Waals surface area contributed by atoms with Gasteiger partial charge in [-0.2, -0.15) is 0 Å². The van der Waals surface area contributed by atoms with Gasteiger partial charge in [0.1, 0.15) is 6.61 Å². The molecule has 8 heteroatoms. The number of nitrogens with zero attached hydrogens (tertiary/aromatic N) is 3. The zero-order valence-electron chi connectivity index (χ0n) is 19.3. The van der Waals surface area contributed by atoms with Gasteiger partial charge in [0.2, 0.25) is 0 Å². The molecule has 4 aliphatic rings. The Labute approximate surface area is 190 Å². The molecule has 2 saturated heterocycles. The lowest BCUT2D eigenvalue weighted by Crippen LogP contribution is -2.53. The van der Waals surface area contributed by atoms with Gasteiger partial charge in [0.25, 0.3) is 0 Å². The van der Waals surface area contributed by atoms with Crippen LogP contribution in [0.25, 0.3) is 0 Å². The Hall–Kier alpha value is -2.06. The van der Waals surface area contributed by atoms with E-state index in [1.807, 2.05) is 4.90 Å². The predicted octanol–water partition coefficient (Wildman–Crippen LogP) is 3.20. The van der Waals surface area contributed by atoms with Crippen LogP contribution < -0.4 is 0 Å². The van der Waals surface area contributed by atoms with E-state index in [-0.39, 0.29) is 18.1 Å². The Morgan fingerprint density at radius 2 is 1.88 bits per heavy atom. The first-order valence-corrected chi connectivity index (χ1v) is 12.0. The van der Waals surface area contributed by atoms with E-state index in [9.17, 15) is 9.59 Å². The number of carbonyl (C=O) groups is 2. The number of likely N-dealkylation sites (tertiary alicyclic amines) is 2. The van der Waals surface area contributed by atoms with Crippen LogP contribution in [-0.2, 0) is 9.47 Å². The first-order chi connectivity index (χ1) is 15.5. The molecule has 178 valence electrons. The summed E-state index contributed by atoms with van der Waals surface area (Å²) in [7, 11) is 1.61. The summed E-state index contributed by atoms with van der Waals surface area (Å²) in [5, 5.41) is 9.17. The van der Waals surface area contributed by atoms with Gasteiger partial charge in [-0.15, -0.1) is 0 Å². The smallest absolute Gasteiger partial charge is 0.410 e. The molecule has 4 rings (SSSR count). The Kier molecular flexibility index (Phi) is 7.40. The Balaban J connectivity index is 1.36. The molecule has 8 nitrogen and oxygen atoms in total. The number of amides is 2. The van der Waals surface area contributed by atoms with Gasteiger partial charge in [-0.05, 0) is 63.1 Å². The van der Waals surface area contributed by atoms with Crippen molar-refractivity contribution in [2.45, 2.75) is 38.5 Å². The third-order valence-electron chi connectivity index (χ3n) is 7.75. The normalized spacial score (nSPS) is 24.0. The van der Waals surface area contributed by atoms with Gasteiger partial charge in [0, 0.05) is 45.2 Å². The van der Waals surface area contributed by atoms with Crippen molar-refractivity contribution < 1.29 is 24.2 Å². The summed E-state index contributed by atoms with van der Waals surface area (Å²) in [6, 6.07) is 0. The highest BCUT2D eigenvalue weighted by molar-refractivity contribution is 5.69. The molecule has 0 aromatic carbocycles. The number of piperidine rings is 2. The number of methoxy groups -OCH3 is 1. The summed E-state index contributed by atoms with van der Waals surface area (Å²) in [5.74, 6) is 0.575. The van der Waals surface area contributed by atoms with Gasteiger partial charge in [0.15, 0.2) is 0 Å². The second kappa shape index (κ2) is 10.3. The molecule has 1 aliphatic carbocycles. The lowest BCUT2D eigenvalue weighted by molar-refractivity contribution is 0.0395. The molecular formula is C24H37N3O5. The summed E-state index contributed by atoms with van der Waals surface area (Å²) >= 11 is 0. The van der Waals surface area contributed by atoms with E-state index in [1.165, 1.54) is 10.5 Å². The second-order valence-corrected chi connectivity index (χ2v) is 9.70. The number of carboxylic acid groups (broad SMARTS) is 1. The molecule has 0 aromatic heterocycles. The van der Waals surface area contributed by atoms with Crippen LogP contribution in [0.5, 0.6) is 0 Å². The fraction of sp³-hybridized carbons (Fsp3) is 0.750. The zero-order valence-corrected chi connectivity index (χ0v) is 19.3. The summed E-state index contributed by atoms with van der Waals surface area (Å²) < 4.78 is 10.5. The van der Waals surface area contributed by atoms with E-state index >= 15 is 0 Å². The minimum atomic E-state index is -0.795. The topological polar surface area (TPSA) is 82.6 Å². The van der Waals surface area contributed by atoms with Gasteiger partial charge < -0.3 is 29.3 Å². The fourth-order valence-electron chi connectivity index (χ4n) is 5.92. The van der Waals surface area contributed by atoms with Crippen molar-refractivity contribution in [3.63, 3.8) is 0 Å². The van der Waals surface area contributed by atoms with Crippen molar-refractivity contribution in [3.05, 3.63) is 23.3 Å². The van der Waals surface area contributed by atoms with Crippen LogP contribution in [0.3, 0.4) is 0 Å². The molecule has 0 radical (unpaired) electrons. The van der Waals surface area contributed by atoms with Crippen LogP contribution in [0.2, 0.25) is 0 Å². The number of allylic oxidation sites excluding steroid dienone is 1. The molecule has 1 N–H and O–H groups in total. The lowest BCUT2D eigenvalue weighted by atomic mass is 9.66. The van der Waals surface area contributed by atoms with Gasteiger partial charge in [-0.3, -0.25) is 0 Å². The average molecular weight is 448 g/mol. The highest BCUT2D eigenvalue weighted by Gasteiger charge is 2.45. The SMILES string of the molecule is COCCOC(=O)N1CC2=C(CCC=C2)C2(CCN(CC3CCN(C(=O)O)CC3)CC2)C1. The molecule has 1 spiro atoms. The molecule has 3 aliphatic heterocycles. The number of rotatable bonds is 5. The highest BCUT2D eigenvalue weighted by atomic mass is 16.6. The minimum Gasteiger partial charge on any atom is -0.465 e. The number of hydrogen-bond donors (Lipinski definition) is 1. The molecule has 2 amide bonds. The highest BCUT2D eigenvalue weighted by Crippen LogP contribution is 2.47. The van der Waals surface area contributed by atoms with E-state index in [4.69, 9.17) is 14.6 Å². The van der Waals surface area contributed by atoms with Crippen LogP contribution in [-0.4, -0.2) is 98.1 Å². The van der Waals surface area contributed by atoms with Crippen molar-refractivity contribution in [2.75, 3.05) is 66.1 Å². The number of fused-ring (bicyclic) bond motifs is 1. The molecule has 0 unspecified atom stereocenters. The van der Waals surface area contributed by atoms with Crippen molar-refractivity contribution in [3.8, 4) is 0 Å². The van der Waals surface area contributed by atoms with E-state index < -0.39 is 6.09 Å². The fourth-order valence-corrected chi connectivity index (χ4v) is 5.92. The van der Waals surface area contributed by atoms with Crippen LogP contribution in [0.1, 0.15) is 38.5 Å². The first kappa shape index (κ1) is 23.1. The Morgan fingerprint density at radius 1 is 1.12 bits per heavy atom. The quantitative estimate of drug-likeness (QED) is 0.652. The molecule has 0 aromatic rings. The van der Waals surface area contributed by atoms with Crippen LogP contribution in [0.15, 0.2) is 23.3 Å². The van der Waals surface area contributed by atoms with Crippen LogP contribution in [0.4, 0.5) is 9.59 Å². The van der Waals surface area contributed by atoms with E-state index in [0.717, 1.165) is 64.7 Å². The van der Waals surface area contributed by atoms with E-state index in [2.05, 4.69) is 17.1 Å². The van der Waals surface area contributed by atoms with Crippen molar-refractivity contribution >= 4 is 12.2 Å².